The molecule has 3 amide bonds. The number of hydrogen-bond donors (Lipinski definition) is 6. The number of likely N-dealkylation sites (tertiary alicyclic amines) is 1. The van der Waals surface area contributed by atoms with Gasteiger partial charge in [0.1, 0.15) is 22.8 Å². The molecule has 2 saturated heterocycles. The molecule has 3 aliphatic rings. The van der Waals surface area contributed by atoms with Gasteiger partial charge in [0.05, 0.1) is 5.56 Å². The number of nitrogen functional groups attached to an aromatic ring is 1. The molecule has 1 aromatic heterocycles. The van der Waals surface area contributed by atoms with Crippen molar-refractivity contribution in [3.05, 3.63) is 69.4 Å². The number of thiazole rings is 1. The number of carboxylic acids is 3. The Morgan fingerprint density at radius 2 is 1.75 bits per heavy atom. The number of allylic oxidation sites excluding steroid dienone is 1. The van der Waals surface area contributed by atoms with Crippen LogP contribution in [0.5, 0.6) is 0 Å². The number of aliphatic carboxylic acids is 2. The quantitative estimate of drug-likeness (QED) is 0.0744. The maximum Gasteiger partial charge on any atom is 0.490 e. The number of carbonyl (C=O) groups excluding carboxylic acids is 3. The van der Waals surface area contributed by atoms with Gasteiger partial charge in [-0.05, 0) is 35.8 Å². The number of anilines is 1. The van der Waals surface area contributed by atoms with Crippen LogP contribution in [0.4, 0.5) is 18.3 Å². The minimum atomic E-state index is -5.08. The average Bonchev–Trinajstić information content (AvgIpc) is 3.60. The number of aromatic nitrogens is 1. The molecule has 3 aliphatic heterocycles. The fourth-order valence-corrected chi connectivity index (χ4v) is 6.56. The van der Waals surface area contributed by atoms with E-state index in [1.807, 2.05) is 0 Å². The summed E-state index contributed by atoms with van der Waals surface area (Å²) in [4.78, 5) is 77.5. The molecule has 0 spiro atoms. The number of β-lactam (4-membered cyclic amide) rings is 1. The summed E-state index contributed by atoms with van der Waals surface area (Å²) in [6.07, 6.45) is -3.21. The van der Waals surface area contributed by atoms with Gasteiger partial charge in [0, 0.05) is 29.8 Å². The predicted molar refractivity (Wildman–Crippen MR) is 160 cm³/mol. The lowest BCUT2D eigenvalue weighted by Crippen LogP contribution is -2.71. The summed E-state index contributed by atoms with van der Waals surface area (Å²) < 4.78 is 31.7. The molecule has 254 valence electrons. The fraction of sp³-hybridized carbons (Fsp3) is 0.259. The molecule has 1 aromatic carbocycles. The molecule has 16 nitrogen and oxygen atoms in total. The molecule has 48 heavy (non-hydrogen) atoms. The zero-order valence-corrected chi connectivity index (χ0v) is 25.6. The number of halogens is 3. The molecule has 0 unspecified atom stereocenters. The first-order valence-electron chi connectivity index (χ1n) is 13.3. The molecule has 4 heterocycles. The van der Waals surface area contributed by atoms with Gasteiger partial charge < -0.3 is 36.5 Å². The van der Waals surface area contributed by atoms with Gasteiger partial charge in [-0.15, -0.1) is 23.1 Å². The van der Waals surface area contributed by atoms with Gasteiger partial charge in [-0.3, -0.25) is 19.3 Å². The van der Waals surface area contributed by atoms with E-state index in [0.29, 0.717) is 24.1 Å². The van der Waals surface area contributed by atoms with Gasteiger partial charge in [-0.1, -0.05) is 17.3 Å². The van der Waals surface area contributed by atoms with Gasteiger partial charge in [0.25, 0.3) is 11.8 Å². The second-order valence-corrected chi connectivity index (χ2v) is 12.0. The highest BCUT2D eigenvalue weighted by atomic mass is 32.2. The van der Waals surface area contributed by atoms with Crippen molar-refractivity contribution in [1.29, 1.82) is 0 Å². The molecule has 0 bridgehead atoms. The Kier molecular flexibility index (Phi) is 10.4. The summed E-state index contributed by atoms with van der Waals surface area (Å²) in [6, 6.07) is 5.11. The van der Waals surface area contributed by atoms with E-state index in [0.717, 1.165) is 21.8 Å². The van der Waals surface area contributed by atoms with E-state index in [2.05, 4.69) is 15.5 Å². The first-order valence-corrected chi connectivity index (χ1v) is 15.2. The van der Waals surface area contributed by atoms with E-state index < -0.39 is 53.0 Å². The van der Waals surface area contributed by atoms with Gasteiger partial charge in [0.15, 0.2) is 10.8 Å². The lowest BCUT2D eigenvalue weighted by molar-refractivity contribution is -0.192. The van der Waals surface area contributed by atoms with Crippen LogP contribution in [0.15, 0.2) is 57.7 Å². The van der Waals surface area contributed by atoms with Crippen LogP contribution in [0.3, 0.4) is 0 Å². The molecular weight excluding hydrogens is 689 g/mol. The fourth-order valence-electron chi connectivity index (χ4n) is 4.71. The van der Waals surface area contributed by atoms with Crippen molar-refractivity contribution in [3.8, 4) is 0 Å². The van der Waals surface area contributed by atoms with Gasteiger partial charge in [-0.2, -0.15) is 13.2 Å². The first-order chi connectivity index (χ1) is 22.5. The lowest BCUT2D eigenvalue weighted by Gasteiger charge is -2.49. The highest BCUT2D eigenvalue weighted by molar-refractivity contribution is 8.00. The van der Waals surface area contributed by atoms with Gasteiger partial charge in [-0.25, -0.2) is 19.4 Å². The summed E-state index contributed by atoms with van der Waals surface area (Å²) in [5.74, 6) is -6.81. The number of benzene rings is 1. The van der Waals surface area contributed by atoms with E-state index in [4.69, 9.17) is 20.7 Å². The lowest BCUT2D eigenvalue weighted by atomic mass is 10.0. The molecule has 2 aromatic rings. The zero-order valence-electron chi connectivity index (χ0n) is 24.0. The summed E-state index contributed by atoms with van der Waals surface area (Å²) in [6.45, 7) is 0.656. The molecule has 7 N–H and O–H groups in total. The molecule has 5 rings (SSSR count). The Morgan fingerprint density at radius 1 is 1.10 bits per heavy atom. The number of carboxylic acid groups (broad SMARTS) is 3. The molecule has 2 atom stereocenters. The number of rotatable bonds is 8. The second-order valence-electron chi connectivity index (χ2n) is 10.0. The number of nitrogens with zero attached hydrogens (tertiary/aromatic N) is 4. The van der Waals surface area contributed by atoms with Crippen LogP contribution in [0.1, 0.15) is 28.0 Å². The van der Waals surface area contributed by atoms with Gasteiger partial charge >= 0.3 is 24.1 Å². The molecule has 0 saturated carbocycles. The number of nitrogens with one attached hydrogen (secondary N) is 1. The molecule has 0 aliphatic carbocycles. The zero-order chi connectivity index (χ0) is 35.5. The van der Waals surface area contributed by atoms with E-state index in [9.17, 15) is 47.5 Å². The van der Waals surface area contributed by atoms with Crippen molar-refractivity contribution >= 4 is 69.6 Å². The number of carbonyl (C=O) groups is 6. The number of amides is 3. The van der Waals surface area contributed by atoms with Crippen molar-refractivity contribution in [1.82, 2.24) is 20.1 Å². The highest BCUT2D eigenvalue weighted by Crippen LogP contribution is 2.41. The predicted octanol–water partition coefficient (Wildman–Crippen LogP) is 1.33. The third kappa shape index (κ3) is 7.57. The summed E-state index contributed by atoms with van der Waals surface area (Å²) in [7, 11) is 0. The number of alkyl halides is 3. The van der Waals surface area contributed by atoms with Crippen molar-refractivity contribution in [3.63, 3.8) is 0 Å². The molecule has 0 radical (unpaired) electrons. The third-order valence-corrected chi connectivity index (χ3v) is 8.92. The number of nitrogens with two attached hydrogens (primary N) is 1. The number of oxime groups is 1. The van der Waals surface area contributed by atoms with Gasteiger partial charge in [0.2, 0.25) is 5.91 Å². The largest absolute Gasteiger partial charge is 0.490 e. The Morgan fingerprint density at radius 3 is 2.27 bits per heavy atom. The summed E-state index contributed by atoms with van der Waals surface area (Å²) in [5.41, 5.74) is 6.46. The Labute approximate surface area is 275 Å². The van der Waals surface area contributed by atoms with Crippen LogP contribution < -0.4 is 11.1 Å². The third-order valence-electron chi connectivity index (χ3n) is 6.94. The van der Waals surface area contributed by atoms with Crippen LogP contribution in [-0.2, 0) is 30.5 Å². The smallest absolute Gasteiger partial charge is 0.478 e. The standard InChI is InChI=1S/C25H22N6O8S2.C2HF3O2/c26-25-27-15(10-41-25)16(29-39)19(32)28-17-21(34)31-18(24(37)38)14(9-40-22(17)31)7-13-5-6-30(20(13)33)8-11-1-3-12(4-2-11)23(35)36;3-2(4,5)1(6)7/h1-4,7,10,17,22,39H,5-6,8-9H2,(H2,26,27)(H,28,32)(H,35,36)(H,37,38);(H,6,7)/t17-,22-;/m1./s1. The minimum absolute atomic E-state index is 0.0278. The first kappa shape index (κ1) is 35.4. The topological polar surface area (TPSA) is 253 Å². The average molecular weight is 713 g/mol. The number of fused-ring (bicyclic) bond motifs is 1. The molecular formula is C27H23F3N6O10S2. The Bertz CT molecular complexity index is 1770. The van der Waals surface area contributed by atoms with Crippen molar-refractivity contribution in [2.75, 3.05) is 18.0 Å². The number of hydrogen-bond acceptors (Lipinski definition) is 12. The van der Waals surface area contributed by atoms with Crippen molar-refractivity contribution in [2.45, 2.75) is 30.6 Å². The SMILES string of the molecule is Nc1nc(C(=NO)C(=O)N[C@@H]2C(=O)N3C(C(=O)O)=C(C=C4CCN(Cc5ccc(C(=O)O)cc5)C4=O)CS[C@H]23)cs1.O=C(O)C(F)(F)F. The minimum Gasteiger partial charge on any atom is -0.478 e. The number of thioether (sulfide) groups is 1. The van der Waals surface area contributed by atoms with E-state index >= 15 is 0 Å². The van der Waals surface area contributed by atoms with E-state index in [1.165, 1.54) is 35.4 Å². The highest BCUT2D eigenvalue weighted by Gasteiger charge is 2.54. The second kappa shape index (κ2) is 14.1. The number of aromatic carboxylic acids is 1. The van der Waals surface area contributed by atoms with Crippen LogP contribution in [0.2, 0.25) is 0 Å². The maximum atomic E-state index is 13.1. The maximum absolute atomic E-state index is 13.1. The van der Waals surface area contributed by atoms with Crippen LogP contribution >= 0.6 is 23.1 Å². The molecule has 21 heteroatoms. The van der Waals surface area contributed by atoms with Crippen molar-refractivity contribution < 1.29 is 62.5 Å². The van der Waals surface area contributed by atoms with Crippen LogP contribution in [0.25, 0.3) is 0 Å². The normalized spacial score (nSPS) is 20.1. The Hall–Kier alpha value is -5.44. The van der Waals surface area contributed by atoms with Crippen LogP contribution in [-0.4, -0.2) is 107 Å². The van der Waals surface area contributed by atoms with E-state index in [-0.39, 0.29) is 40.3 Å². The summed E-state index contributed by atoms with van der Waals surface area (Å²) >= 11 is 2.26. The molecule has 2 fully saturated rings. The monoisotopic (exact) mass is 712 g/mol. The Balaban J connectivity index is 0.000000671. The van der Waals surface area contributed by atoms with Crippen LogP contribution in [0, 0.1) is 0 Å². The summed E-state index contributed by atoms with van der Waals surface area (Å²) in [5, 5.41) is 41.7. The van der Waals surface area contributed by atoms with E-state index in [1.54, 1.807) is 17.0 Å². The van der Waals surface area contributed by atoms with Crippen molar-refractivity contribution in [2.24, 2.45) is 5.16 Å².